The van der Waals surface area contributed by atoms with Gasteiger partial charge >= 0.3 is 0 Å². The number of hydrogen-bond acceptors (Lipinski definition) is 2. The van der Waals surface area contributed by atoms with Gasteiger partial charge in [0.15, 0.2) is 0 Å². The van der Waals surface area contributed by atoms with Gasteiger partial charge in [-0.05, 0) is 12.1 Å². The van der Waals surface area contributed by atoms with Gasteiger partial charge in [-0.3, -0.25) is 9.97 Å². The average Bonchev–Trinajstić information content (AvgIpc) is 2.29. The smallest absolute Gasteiger partial charge is 0.0964 e. The van der Waals surface area contributed by atoms with Gasteiger partial charge in [-0.1, -0.05) is 24.3 Å². The summed E-state index contributed by atoms with van der Waals surface area (Å²) in [5.74, 6) is 0. The van der Waals surface area contributed by atoms with Crippen LogP contribution in [0.2, 0.25) is 0 Å². The van der Waals surface area contributed by atoms with Crippen molar-refractivity contribution in [3.63, 3.8) is 0 Å². The fraction of sp³-hybridized carbons (Fsp3) is 0. The Morgan fingerprint density at radius 1 is 0.625 bits per heavy atom. The van der Waals surface area contributed by atoms with Gasteiger partial charge in [0, 0.05) is 57.3 Å². The Bertz CT molecular complexity index is 556. The number of fused-ring (bicyclic) bond motifs is 3. The van der Waals surface area contributed by atoms with Crippen LogP contribution in [0, 0.1) is 0 Å². The minimum Gasteiger partial charge on any atom is -0.254 e. The van der Waals surface area contributed by atoms with Gasteiger partial charge in [0.2, 0.25) is 0 Å². The second-order valence-corrected chi connectivity index (χ2v) is 3.22. The molecule has 0 bridgehead atoms. The third kappa shape index (κ3) is 2.11. The molecular weight excluding hydrogens is 284 g/mol. The molecule has 4 heteroatoms. The van der Waals surface area contributed by atoms with Crippen molar-refractivity contribution in [2.45, 2.75) is 0 Å². The Kier molecular flexibility index (Phi) is 4.45. The fourth-order valence-electron chi connectivity index (χ4n) is 1.68. The van der Waals surface area contributed by atoms with E-state index in [9.17, 15) is 0 Å². The second kappa shape index (κ2) is 5.42. The first-order chi connectivity index (χ1) is 6.95. The van der Waals surface area contributed by atoms with Crippen LogP contribution >= 0.6 is 0 Å². The van der Waals surface area contributed by atoms with Crippen LogP contribution in [0.3, 0.4) is 0 Å². The Hall–Kier alpha value is -0.921. The predicted octanol–water partition coefficient (Wildman–Crippen LogP) is 2.78. The summed E-state index contributed by atoms with van der Waals surface area (Å²) < 4.78 is 0. The summed E-state index contributed by atoms with van der Waals surface area (Å²) in [7, 11) is 0. The van der Waals surface area contributed by atoms with E-state index in [1.54, 1.807) is 12.4 Å². The van der Waals surface area contributed by atoms with Crippen molar-refractivity contribution in [3.05, 3.63) is 48.8 Å². The van der Waals surface area contributed by atoms with E-state index < -0.39 is 0 Å². The third-order valence-corrected chi connectivity index (χ3v) is 2.34. The summed E-state index contributed by atoms with van der Waals surface area (Å²) in [4.78, 5) is 8.69. The van der Waals surface area contributed by atoms with Gasteiger partial charge in [0.05, 0.1) is 11.0 Å². The van der Waals surface area contributed by atoms with Gasteiger partial charge in [-0.2, -0.15) is 0 Å². The first-order valence-electron chi connectivity index (χ1n) is 4.53. The van der Waals surface area contributed by atoms with Crippen molar-refractivity contribution in [1.82, 2.24) is 9.97 Å². The van der Waals surface area contributed by atoms with Crippen LogP contribution in [0.25, 0.3) is 21.8 Å². The molecule has 0 saturated heterocycles. The zero-order chi connectivity index (χ0) is 9.38. The van der Waals surface area contributed by atoms with Crippen molar-refractivity contribution in [1.29, 1.82) is 0 Å². The zero-order valence-corrected chi connectivity index (χ0v) is 10.4. The molecule has 0 spiro atoms. The predicted molar refractivity (Wildman–Crippen MR) is 57.0 cm³/mol. The van der Waals surface area contributed by atoms with Crippen molar-refractivity contribution < 1.29 is 34.1 Å². The SMILES string of the molecule is [Fe].[Fe].c1cnc2c(c1)ccc1cccnc12. The Morgan fingerprint density at radius 3 is 1.50 bits per heavy atom. The van der Waals surface area contributed by atoms with Crippen LogP contribution in [0.4, 0.5) is 0 Å². The molecule has 0 N–H and O–H groups in total. The molecule has 2 aromatic heterocycles. The molecule has 0 aliphatic rings. The van der Waals surface area contributed by atoms with E-state index in [2.05, 4.69) is 34.2 Å². The van der Waals surface area contributed by atoms with Gasteiger partial charge < -0.3 is 0 Å². The van der Waals surface area contributed by atoms with E-state index in [0.717, 1.165) is 21.8 Å². The van der Waals surface area contributed by atoms with Crippen molar-refractivity contribution in [2.75, 3.05) is 0 Å². The van der Waals surface area contributed by atoms with E-state index >= 15 is 0 Å². The van der Waals surface area contributed by atoms with Crippen molar-refractivity contribution >= 4 is 21.8 Å². The van der Waals surface area contributed by atoms with Crippen LogP contribution < -0.4 is 0 Å². The minimum absolute atomic E-state index is 0. The molecule has 0 unspecified atom stereocenters. The molecule has 2 heterocycles. The largest absolute Gasteiger partial charge is 0.254 e. The van der Waals surface area contributed by atoms with Crippen LogP contribution in [-0.4, -0.2) is 9.97 Å². The minimum atomic E-state index is 0. The molecule has 0 radical (unpaired) electrons. The number of nitrogens with zero attached hydrogens (tertiary/aromatic N) is 2. The fourth-order valence-corrected chi connectivity index (χ4v) is 1.68. The monoisotopic (exact) mass is 292 g/mol. The van der Waals surface area contributed by atoms with Gasteiger partial charge in [-0.15, -0.1) is 0 Å². The summed E-state index contributed by atoms with van der Waals surface area (Å²) in [6.45, 7) is 0. The number of benzene rings is 1. The zero-order valence-electron chi connectivity index (χ0n) is 8.22. The third-order valence-electron chi connectivity index (χ3n) is 2.34. The maximum absolute atomic E-state index is 4.35. The molecule has 0 amide bonds. The Morgan fingerprint density at radius 2 is 1.06 bits per heavy atom. The molecule has 1 aromatic carbocycles. The van der Waals surface area contributed by atoms with Crippen LogP contribution in [0.5, 0.6) is 0 Å². The van der Waals surface area contributed by atoms with E-state index in [0.29, 0.717) is 0 Å². The Balaban J connectivity index is 0.000000640. The maximum atomic E-state index is 4.35. The molecule has 3 aromatic rings. The molecule has 0 aliphatic carbocycles. The molecule has 0 fully saturated rings. The van der Waals surface area contributed by atoms with Gasteiger partial charge in [-0.25, -0.2) is 0 Å². The van der Waals surface area contributed by atoms with Gasteiger partial charge in [0.1, 0.15) is 0 Å². The topological polar surface area (TPSA) is 25.8 Å². The van der Waals surface area contributed by atoms with E-state index in [-0.39, 0.29) is 34.1 Å². The maximum Gasteiger partial charge on any atom is 0.0964 e. The number of rotatable bonds is 0. The van der Waals surface area contributed by atoms with E-state index in [4.69, 9.17) is 0 Å². The quantitative estimate of drug-likeness (QED) is 0.470. The van der Waals surface area contributed by atoms with Crippen LogP contribution in [0.1, 0.15) is 0 Å². The number of pyridine rings is 2. The van der Waals surface area contributed by atoms with Crippen molar-refractivity contribution in [2.24, 2.45) is 0 Å². The summed E-state index contributed by atoms with van der Waals surface area (Å²) in [6, 6.07) is 12.1. The molecule has 0 saturated carbocycles. The van der Waals surface area contributed by atoms with Crippen LogP contribution in [0.15, 0.2) is 48.8 Å². The number of aromatic nitrogens is 2. The first kappa shape index (κ1) is 13.1. The molecular formula is C12H8Fe2N2. The second-order valence-electron chi connectivity index (χ2n) is 3.22. The number of hydrogen-bond donors (Lipinski definition) is 0. The summed E-state index contributed by atoms with van der Waals surface area (Å²) in [5, 5.41) is 2.28. The molecule has 0 aliphatic heterocycles. The summed E-state index contributed by atoms with van der Waals surface area (Å²) in [5.41, 5.74) is 1.95. The molecule has 16 heavy (non-hydrogen) atoms. The molecule has 2 nitrogen and oxygen atoms in total. The first-order valence-corrected chi connectivity index (χ1v) is 4.53. The molecule has 3 rings (SSSR count). The standard InChI is InChI=1S/C12H8N2.2Fe/c1-3-9-5-6-10-4-2-8-14-12(10)11(9)13-7-1;;/h1-8H;;. The van der Waals surface area contributed by atoms with E-state index in [1.165, 1.54) is 0 Å². The Labute approximate surface area is 114 Å². The average molecular weight is 292 g/mol. The van der Waals surface area contributed by atoms with Gasteiger partial charge in [0.25, 0.3) is 0 Å². The molecule has 0 atom stereocenters. The summed E-state index contributed by atoms with van der Waals surface area (Å²) >= 11 is 0. The normalized spacial score (nSPS) is 9.50. The van der Waals surface area contributed by atoms with E-state index in [1.807, 2.05) is 12.1 Å². The summed E-state index contributed by atoms with van der Waals surface area (Å²) in [6.07, 6.45) is 3.60. The van der Waals surface area contributed by atoms with Crippen molar-refractivity contribution in [3.8, 4) is 0 Å². The molecule has 82 valence electrons. The van der Waals surface area contributed by atoms with Crippen LogP contribution in [-0.2, 0) is 34.1 Å².